The van der Waals surface area contributed by atoms with Crippen LogP contribution in [0.2, 0.25) is 0 Å². The first kappa shape index (κ1) is 16.5. The molecule has 1 heterocycles. The van der Waals surface area contributed by atoms with Crippen molar-refractivity contribution in [2.45, 2.75) is 58.8 Å². The lowest BCUT2D eigenvalue weighted by molar-refractivity contribution is 0.329. The van der Waals surface area contributed by atoms with Crippen molar-refractivity contribution in [3.8, 4) is 0 Å². The van der Waals surface area contributed by atoms with Crippen molar-refractivity contribution in [2.24, 2.45) is 5.92 Å². The fourth-order valence-corrected chi connectivity index (χ4v) is 2.55. The number of nitrogens with one attached hydrogen (secondary N) is 1. The van der Waals surface area contributed by atoms with Gasteiger partial charge < -0.3 is 9.84 Å². The summed E-state index contributed by atoms with van der Waals surface area (Å²) in [5.74, 6) is 4.49. The molecule has 0 saturated carbocycles. The largest absolute Gasteiger partial charge is 0.339 e. The first-order valence-electron chi connectivity index (χ1n) is 7.18. The number of hydrogen-bond acceptors (Lipinski definition) is 5. The van der Waals surface area contributed by atoms with E-state index in [1.54, 1.807) is 0 Å². The number of thioether (sulfide) groups is 1. The topological polar surface area (TPSA) is 51.0 Å². The van der Waals surface area contributed by atoms with Gasteiger partial charge in [-0.1, -0.05) is 32.9 Å². The molecular weight excluding hydrogens is 258 g/mol. The van der Waals surface area contributed by atoms with Crippen LogP contribution in [-0.4, -0.2) is 28.5 Å². The van der Waals surface area contributed by atoms with Gasteiger partial charge in [0, 0.05) is 6.04 Å². The normalized spacial score (nSPS) is 14.8. The third-order valence-electron chi connectivity index (χ3n) is 3.02. The molecule has 19 heavy (non-hydrogen) atoms. The molecule has 0 saturated heterocycles. The molecule has 110 valence electrons. The van der Waals surface area contributed by atoms with Crippen LogP contribution in [-0.2, 0) is 5.75 Å². The second kappa shape index (κ2) is 8.59. The van der Waals surface area contributed by atoms with Crippen molar-refractivity contribution < 1.29 is 4.52 Å². The van der Waals surface area contributed by atoms with E-state index in [2.05, 4.69) is 50.1 Å². The molecule has 2 unspecified atom stereocenters. The van der Waals surface area contributed by atoms with Gasteiger partial charge in [0.1, 0.15) is 0 Å². The summed E-state index contributed by atoms with van der Waals surface area (Å²) in [6.07, 6.45) is 1.14. The van der Waals surface area contributed by atoms with Crippen LogP contribution in [0.1, 0.15) is 58.7 Å². The molecule has 0 amide bonds. The van der Waals surface area contributed by atoms with E-state index in [1.807, 2.05) is 11.8 Å². The SMILES string of the molecule is CCCNC(C)C(C)c1nc(CSCC(C)C)no1. The van der Waals surface area contributed by atoms with Gasteiger partial charge in [0.2, 0.25) is 5.89 Å². The predicted octanol–water partition coefficient (Wildman–Crippen LogP) is 3.45. The molecular formula is C14H27N3OS. The van der Waals surface area contributed by atoms with Gasteiger partial charge >= 0.3 is 0 Å². The Labute approximate surface area is 121 Å². The zero-order chi connectivity index (χ0) is 14.3. The van der Waals surface area contributed by atoms with Crippen LogP contribution >= 0.6 is 11.8 Å². The van der Waals surface area contributed by atoms with Crippen LogP contribution in [0, 0.1) is 5.92 Å². The lowest BCUT2D eigenvalue weighted by Gasteiger charge is -2.17. The molecule has 0 fully saturated rings. The van der Waals surface area contributed by atoms with Crippen molar-refractivity contribution in [3.05, 3.63) is 11.7 Å². The van der Waals surface area contributed by atoms with E-state index in [9.17, 15) is 0 Å². The predicted molar refractivity (Wildman–Crippen MR) is 81.5 cm³/mol. The fourth-order valence-electron chi connectivity index (χ4n) is 1.66. The maximum Gasteiger partial charge on any atom is 0.231 e. The third-order valence-corrected chi connectivity index (χ3v) is 4.39. The molecule has 2 atom stereocenters. The summed E-state index contributed by atoms with van der Waals surface area (Å²) in [7, 11) is 0. The summed E-state index contributed by atoms with van der Waals surface area (Å²) in [6.45, 7) is 11.9. The molecule has 0 aromatic carbocycles. The first-order valence-corrected chi connectivity index (χ1v) is 8.33. The summed E-state index contributed by atoms with van der Waals surface area (Å²) in [5, 5.41) is 7.53. The number of nitrogens with zero attached hydrogens (tertiary/aromatic N) is 2. The standard InChI is InChI=1S/C14H27N3OS/c1-6-7-15-12(5)11(4)14-16-13(17-18-14)9-19-8-10(2)3/h10-12,15H,6-9H2,1-5H3. The molecule has 0 radical (unpaired) electrons. The smallest absolute Gasteiger partial charge is 0.231 e. The molecule has 0 aliphatic carbocycles. The molecule has 0 aliphatic rings. The highest BCUT2D eigenvalue weighted by atomic mass is 32.2. The second-order valence-corrected chi connectivity index (χ2v) is 6.52. The number of aromatic nitrogens is 2. The minimum atomic E-state index is 0.253. The zero-order valence-corrected chi connectivity index (χ0v) is 13.6. The minimum Gasteiger partial charge on any atom is -0.339 e. The Balaban J connectivity index is 2.44. The minimum absolute atomic E-state index is 0.253. The van der Waals surface area contributed by atoms with Crippen LogP contribution in [0.15, 0.2) is 4.52 Å². The molecule has 4 nitrogen and oxygen atoms in total. The Morgan fingerprint density at radius 2 is 2.00 bits per heavy atom. The lowest BCUT2D eigenvalue weighted by atomic mass is 10.0. The summed E-state index contributed by atoms with van der Waals surface area (Å²) in [5.41, 5.74) is 0. The van der Waals surface area contributed by atoms with E-state index >= 15 is 0 Å². The fraction of sp³-hybridized carbons (Fsp3) is 0.857. The van der Waals surface area contributed by atoms with E-state index < -0.39 is 0 Å². The molecule has 0 aliphatic heterocycles. The Hall–Kier alpha value is -0.550. The third kappa shape index (κ3) is 5.95. The van der Waals surface area contributed by atoms with Crippen LogP contribution in [0.4, 0.5) is 0 Å². The van der Waals surface area contributed by atoms with Gasteiger partial charge in [-0.05, 0) is 31.6 Å². The van der Waals surface area contributed by atoms with Gasteiger partial charge in [-0.15, -0.1) is 0 Å². The van der Waals surface area contributed by atoms with Crippen LogP contribution in [0.5, 0.6) is 0 Å². The number of hydrogen-bond donors (Lipinski definition) is 1. The molecule has 1 N–H and O–H groups in total. The van der Waals surface area contributed by atoms with E-state index in [4.69, 9.17) is 4.52 Å². The molecule has 5 heteroatoms. The van der Waals surface area contributed by atoms with Crippen molar-refractivity contribution in [3.63, 3.8) is 0 Å². The Morgan fingerprint density at radius 3 is 2.63 bits per heavy atom. The highest BCUT2D eigenvalue weighted by Gasteiger charge is 2.20. The summed E-state index contributed by atoms with van der Waals surface area (Å²) < 4.78 is 5.37. The quantitative estimate of drug-likeness (QED) is 0.753. The van der Waals surface area contributed by atoms with Crippen LogP contribution in [0.25, 0.3) is 0 Å². The summed E-state index contributed by atoms with van der Waals surface area (Å²) >= 11 is 1.86. The monoisotopic (exact) mass is 285 g/mol. The van der Waals surface area contributed by atoms with Gasteiger partial charge in [0.05, 0.1) is 11.7 Å². The van der Waals surface area contributed by atoms with E-state index in [0.29, 0.717) is 12.0 Å². The molecule has 0 bridgehead atoms. The maximum absolute atomic E-state index is 5.37. The van der Waals surface area contributed by atoms with Crippen molar-refractivity contribution in [1.82, 2.24) is 15.5 Å². The van der Waals surface area contributed by atoms with Gasteiger partial charge in [0.25, 0.3) is 0 Å². The molecule has 1 rings (SSSR count). The summed E-state index contributed by atoms with van der Waals surface area (Å²) in [6, 6.07) is 0.358. The van der Waals surface area contributed by atoms with E-state index in [-0.39, 0.29) is 5.92 Å². The van der Waals surface area contributed by atoms with E-state index in [0.717, 1.165) is 36.2 Å². The zero-order valence-electron chi connectivity index (χ0n) is 12.8. The number of rotatable bonds is 9. The Kier molecular flexibility index (Phi) is 7.46. The maximum atomic E-state index is 5.37. The van der Waals surface area contributed by atoms with Crippen LogP contribution < -0.4 is 5.32 Å². The Morgan fingerprint density at radius 1 is 1.26 bits per heavy atom. The van der Waals surface area contributed by atoms with Crippen molar-refractivity contribution >= 4 is 11.8 Å². The lowest BCUT2D eigenvalue weighted by Crippen LogP contribution is -2.31. The molecule has 1 aromatic rings. The summed E-state index contributed by atoms with van der Waals surface area (Å²) in [4.78, 5) is 4.50. The average Bonchev–Trinajstić information content (AvgIpc) is 2.83. The highest BCUT2D eigenvalue weighted by molar-refractivity contribution is 7.98. The average molecular weight is 285 g/mol. The molecule has 1 aromatic heterocycles. The van der Waals surface area contributed by atoms with Gasteiger partial charge in [-0.2, -0.15) is 16.7 Å². The molecule has 0 spiro atoms. The van der Waals surface area contributed by atoms with Gasteiger partial charge in [0.15, 0.2) is 5.82 Å². The van der Waals surface area contributed by atoms with Crippen molar-refractivity contribution in [1.29, 1.82) is 0 Å². The first-order chi connectivity index (χ1) is 9.04. The van der Waals surface area contributed by atoms with Gasteiger partial charge in [-0.3, -0.25) is 0 Å². The van der Waals surface area contributed by atoms with Crippen LogP contribution in [0.3, 0.4) is 0 Å². The Bertz CT molecular complexity index is 354. The van der Waals surface area contributed by atoms with Crippen molar-refractivity contribution in [2.75, 3.05) is 12.3 Å². The second-order valence-electron chi connectivity index (χ2n) is 5.49. The van der Waals surface area contributed by atoms with E-state index in [1.165, 1.54) is 0 Å². The highest BCUT2D eigenvalue weighted by Crippen LogP contribution is 2.19. The van der Waals surface area contributed by atoms with Gasteiger partial charge in [-0.25, -0.2) is 0 Å².